The summed E-state index contributed by atoms with van der Waals surface area (Å²) in [7, 11) is 4.31. The van der Waals surface area contributed by atoms with Crippen molar-refractivity contribution in [2.45, 2.75) is 25.7 Å². The number of nitrogens with zero attached hydrogens (tertiary/aromatic N) is 1. The van der Waals surface area contributed by atoms with E-state index < -0.39 is 0 Å². The van der Waals surface area contributed by atoms with Gasteiger partial charge >= 0.3 is 0 Å². The highest BCUT2D eigenvalue weighted by Gasteiger charge is 2.35. The van der Waals surface area contributed by atoms with Crippen molar-refractivity contribution in [3.63, 3.8) is 0 Å². The Hall–Kier alpha value is -1.19. The highest BCUT2D eigenvalue weighted by Crippen LogP contribution is 2.50. The van der Waals surface area contributed by atoms with Gasteiger partial charge in [-0.05, 0) is 86.8 Å². The molecule has 1 aromatic heterocycles. The summed E-state index contributed by atoms with van der Waals surface area (Å²) in [5.74, 6) is 1.49. The largest absolute Gasteiger partial charge is 0.305 e. The number of allylic oxidation sites excluding steroid dienone is 1. The topological polar surface area (TPSA) is 3.24 Å². The molecule has 2 unspecified atom stereocenters. The lowest BCUT2D eigenvalue weighted by atomic mass is 9.82. The van der Waals surface area contributed by atoms with E-state index in [1.807, 2.05) is 17.4 Å². The van der Waals surface area contributed by atoms with Crippen LogP contribution in [0.4, 0.5) is 4.39 Å². The van der Waals surface area contributed by atoms with Crippen molar-refractivity contribution < 1.29 is 4.39 Å². The monoisotopic (exact) mass is 315 g/mol. The van der Waals surface area contributed by atoms with E-state index in [9.17, 15) is 4.39 Å². The number of benzene rings is 1. The molecular weight excluding hydrogens is 293 g/mol. The van der Waals surface area contributed by atoms with E-state index in [0.717, 1.165) is 23.8 Å². The number of likely N-dealkylation sites (N-methyl/N-ethyl adjacent to an activating group) is 1. The van der Waals surface area contributed by atoms with Crippen LogP contribution >= 0.6 is 11.3 Å². The number of thiophene rings is 1. The molecule has 4 rings (SSSR count). The maximum atomic E-state index is 13.5. The van der Waals surface area contributed by atoms with Gasteiger partial charge in [-0.2, -0.15) is 0 Å². The molecule has 2 aromatic rings. The van der Waals surface area contributed by atoms with Crippen molar-refractivity contribution in [1.29, 1.82) is 0 Å². The van der Waals surface area contributed by atoms with Gasteiger partial charge in [0.25, 0.3) is 0 Å². The van der Waals surface area contributed by atoms with Crippen LogP contribution in [0, 0.1) is 17.7 Å². The molecule has 2 aliphatic rings. The van der Waals surface area contributed by atoms with Gasteiger partial charge in [0, 0.05) is 16.1 Å². The molecule has 0 radical (unpaired) electrons. The van der Waals surface area contributed by atoms with Crippen molar-refractivity contribution in [3.8, 4) is 0 Å². The van der Waals surface area contributed by atoms with Crippen molar-refractivity contribution >= 4 is 27.0 Å². The smallest absolute Gasteiger partial charge is 0.123 e. The summed E-state index contributed by atoms with van der Waals surface area (Å²) < 4.78 is 14.7. The molecule has 2 aliphatic carbocycles. The molecule has 0 N–H and O–H groups in total. The summed E-state index contributed by atoms with van der Waals surface area (Å²) in [6.07, 6.45) is 5.33. The first kappa shape index (κ1) is 14.4. The first-order valence-corrected chi connectivity index (χ1v) is 8.98. The van der Waals surface area contributed by atoms with Gasteiger partial charge < -0.3 is 4.90 Å². The second-order valence-electron chi connectivity index (χ2n) is 7.13. The van der Waals surface area contributed by atoms with Gasteiger partial charge in [0.05, 0.1) is 0 Å². The Morgan fingerprint density at radius 3 is 2.91 bits per heavy atom. The van der Waals surface area contributed by atoms with Crippen LogP contribution in [-0.4, -0.2) is 25.5 Å². The highest BCUT2D eigenvalue weighted by atomic mass is 32.1. The minimum atomic E-state index is -0.135. The van der Waals surface area contributed by atoms with Crippen molar-refractivity contribution in [3.05, 3.63) is 40.5 Å². The zero-order valence-corrected chi connectivity index (χ0v) is 14.0. The molecular formula is C19H22FNS. The Kier molecular flexibility index (Phi) is 3.58. The van der Waals surface area contributed by atoms with Crippen molar-refractivity contribution in [2.24, 2.45) is 11.8 Å². The predicted octanol–water partition coefficient (Wildman–Crippen LogP) is 5.18. The van der Waals surface area contributed by atoms with E-state index in [1.54, 1.807) is 23.3 Å². The molecule has 2 bridgehead atoms. The Morgan fingerprint density at radius 2 is 2.09 bits per heavy atom. The summed E-state index contributed by atoms with van der Waals surface area (Å²) in [5.41, 5.74) is 3.21. The van der Waals surface area contributed by atoms with E-state index in [1.165, 1.54) is 35.3 Å². The van der Waals surface area contributed by atoms with Gasteiger partial charge in [0.2, 0.25) is 0 Å². The summed E-state index contributed by atoms with van der Waals surface area (Å²) in [5, 5.41) is 1.05. The first-order valence-electron chi connectivity index (χ1n) is 8.16. The van der Waals surface area contributed by atoms with E-state index in [-0.39, 0.29) is 5.82 Å². The van der Waals surface area contributed by atoms with Gasteiger partial charge in [0.15, 0.2) is 0 Å². The summed E-state index contributed by atoms with van der Waals surface area (Å²) in [6, 6.07) is 7.38. The molecule has 0 saturated heterocycles. The minimum absolute atomic E-state index is 0.135. The fourth-order valence-electron chi connectivity index (χ4n) is 4.32. The molecule has 1 heterocycles. The number of halogens is 1. The fourth-order valence-corrected chi connectivity index (χ4v) is 5.54. The first-order chi connectivity index (χ1) is 10.6. The second kappa shape index (κ2) is 5.47. The van der Waals surface area contributed by atoms with Crippen molar-refractivity contribution in [1.82, 2.24) is 4.90 Å². The molecule has 1 aromatic carbocycles. The highest BCUT2D eigenvalue weighted by molar-refractivity contribution is 7.20. The van der Waals surface area contributed by atoms with Gasteiger partial charge in [0.1, 0.15) is 5.82 Å². The van der Waals surface area contributed by atoms with Crippen LogP contribution in [0.15, 0.2) is 29.8 Å². The Balaban J connectivity index is 1.82. The van der Waals surface area contributed by atoms with E-state index >= 15 is 0 Å². The number of hydrogen-bond donors (Lipinski definition) is 0. The van der Waals surface area contributed by atoms with Crippen LogP contribution in [-0.2, 0) is 0 Å². The van der Waals surface area contributed by atoms with Gasteiger partial charge in [-0.1, -0.05) is 5.57 Å². The summed E-state index contributed by atoms with van der Waals surface area (Å²) in [4.78, 5) is 3.66. The lowest BCUT2D eigenvalue weighted by Crippen LogP contribution is -2.21. The molecule has 0 amide bonds. The molecule has 3 heteroatoms. The quantitative estimate of drug-likeness (QED) is 0.755. The third-order valence-electron chi connectivity index (χ3n) is 5.12. The third kappa shape index (κ3) is 2.50. The molecule has 116 valence electrons. The molecule has 1 saturated carbocycles. The molecule has 22 heavy (non-hydrogen) atoms. The van der Waals surface area contributed by atoms with Gasteiger partial charge in [-0.25, -0.2) is 4.39 Å². The van der Waals surface area contributed by atoms with E-state index in [2.05, 4.69) is 25.1 Å². The SMILES string of the molecule is CN(C)CC1=C(c2cc3cc(F)ccc3s2)C2CCC(C1)C2. The average Bonchev–Trinajstić information content (AvgIpc) is 3.02. The average molecular weight is 315 g/mol. The molecule has 0 aliphatic heterocycles. The standard InChI is InChI=1S/C19H22FNS/c1-21(2)11-15-8-12-3-4-13(7-12)19(15)18-10-14-9-16(20)5-6-17(14)22-18/h5-6,9-10,12-13H,3-4,7-8,11H2,1-2H3. The lowest BCUT2D eigenvalue weighted by Gasteiger charge is -2.28. The zero-order valence-electron chi connectivity index (χ0n) is 13.2. The number of hydrogen-bond acceptors (Lipinski definition) is 2. The van der Waals surface area contributed by atoms with Crippen LogP contribution in [0.5, 0.6) is 0 Å². The van der Waals surface area contributed by atoms with Crippen LogP contribution in [0.2, 0.25) is 0 Å². The summed E-state index contributed by atoms with van der Waals surface area (Å²) >= 11 is 1.84. The molecule has 2 atom stereocenters. The Morgan fingerprint density at radius 1 is 1.23 bits per heavy atom. The lowest BCUT2D eigenvalue weighted by molar-refractivity contribution is 0.413. The summed E-state index contributed by atoms with van der Waals surface area (Å²) in [6.45, 7) is 1.06. The Bertz CT molecular complexity index is 743. The van der Waals surface area contributed by atoms with Gasteiger partial charge in [-0.3, -0.25) is 0 Å². The van der Waals surface area contributed by atoms with Crippen LogP contribution < -0.4 is 0 Å². The maximum Gasteiger partial charge on any atom is 0.123 e. The number of rotatable bonds is 3. The van der Waals surface area contributed by atoms with E-state index in [4.69, 9.17) is 0 Å². The molecule has 0 spiro atoms. The zero-order chi connectivity index (χ0) is 15.3. The molecule has 1 nitrogen and oxygen atoms in total. The van der Waals surface area contributed by atoms with E-state index in [0.29, 0.717) is 0 Å². The normalized spacial score (nSPS) is 24.7. The van der Waals surface area contributed by atoms with Crippen LogP contribution in [0.25, 0.3) is 15.7 Å². The number of fused-ring (bicyclic) bond motifs is 3. The van der Waals surface area contributed by atoms with Gasteiger partial charge in [-0.15, -0.1) is 11.3 Å². The van der Waals surface area contributed by atoms with Crippen LogP contribution in [0.1, 0.15) is 30.6 Å². The van der Waals surface area contributed by atoms with Crippen LogP contribution in [0.3, 0.4) is 0 Å². The predicted molar refractivity (Wildman–Crippen MR) is 92.7 cm³/mol. The molecule has 1 fully saturated rings. The van der Waals surface area contributed by atoms with Crippen molar-refractivity contribution in [2.75, 3.05) is 20.6 Å². The fraction of sp³-hybridized carbons (Fsp3) is 0.474. The maximum absolute atomic E-state index is 13.5. The third-order valence-corrected chi connectivity index (χ3v) is 6.27. The second-order valence-corrected chi connectivity index (χ2v) is 8.21. The minimum Gasteiger partial charge on any atom is -0.305 e. The Labute approximate surface area is 135 Å².